The molecule has 0 aliphatic heterocycles. The maximum atomic E-state index is 12.2. The first-order valence-electron chi connectivity index (χ1n) is 6.88. The van der Waals surface area contributed by atoms with E-state index in [0.29, 0.717) is 19.8 Å². The lowest BCUT2D eigenvalue weighted by Crippen LogP contribution is -2.40. The Kier molecular flexibility index (Phi) is 7.50. The van der Waals surface area contributed by atoms with Crippen LogP contribution in [0.15, 0.2) is 6.20 Å². The average molecular weight is 332 g/mol. The second-order valence-corrected chi connectivity index (χ2v) is 5.85. The highest BCUT2D eigenvalue weighted by Crippen LogP contribution is 2.17. The van der Waals surface area contributed by atoms with Crippen molar-refractivity contribution in [3.8, 4) is 5.88 Å². The van der Waals surface area contributed by atoms with Gasteiger partial charge in [-0.1, -0.05) is 0 Å². The van der Waals surface area contributed by atoms with Crippen LogP contribution in [-0.4, -0.2) is 55.0 Å². The SMILES string of the molecule is COCCOCCOc1nc(Cl)ncc1C(=O)NC(C)(C)C. The van der Waals surface area contributed by atoms with Crippen molar-refractivity contribution in [2.75, 3.05) is 33.5 Å². The van der Waals surface area contributed by atoms with E-state index in [1.165, 1.54) is 6.20 Å². The summed E-state index contributed by atoms with van der Waals surface area (Å²) in [6.45, 7) is 7.22. The Morgan fingerprint density at radius 2 is 1.95 bits per heavy atom. The predicted octanol–water partition coefficient (Wildman–Crippen LogP) is 1.70. The average Bonchev–Trinajstić information content (AvgIpc) is 2.40. The van der Waals surface area contributed by atoms with Gasteiger partial charge in [0.1, 0.15) is 12.2 Å². The summed E-state index contributed by atoms with van der Waals surface area (Å²) in [6.07, 6.45) is 1.34. The third-order valence-corrected chi connectivity index (χ3v) is 2.54. The van der Waals surface area contributed by atoms with Crippen molar-refractivity contribution in [1.82, 2.24) is 15.3 Å². The molecule has 0 saturated carbocycles. The van der Waals surface area contributed by atoms with Gasteiger partial charge in [0.25, 0.3) is 5.91 Å². The Balaban J connectivity index is 2.64. The van der Waals surface area contributed by atoms with Gasteiger partial charge in [0.05, 0.1) is 19.8 Å². The number of nitrogens with zero attached hydrogens (tertiary/aromatic N) is 2. The molecule has 0 unspecified atom stereocenters. The molecule has 0 fully saturated rings. The minimum Gasteiger partial charge on any atom is -0.475 e. The summed E-state index contributed by atoms with van der Waals surface area (Å²) in [5.74, 6) is -0.184. The molecule has 0 saturated heterocycles. The minimum atomic E-state index is -0.378. The minimum absolute atomic E-state index is 0.0163. The van der Waals surface area contributed by atoms with E-state index in [-0.39, 0.29) is 34.8 Å². The first kappa shape index (κ1) is 18.6. The topological polar surface area (TPSA) is 82.6 Å². The lowest BCUT2D eigenvalue weighted by atomic mass is 10.1. The van der Waals surface area contributed by atoms with E-state index in [2.05, 4.69) is 15.3 Å². The summed E-state index contributed by atoms with van der Waals surface area (Å²) in [7, 11) is 1.60. The quantitative estimate of drug-likeness (QED) is 0.576. The Labute approximate surface area is 135 Å². The molecular formula is C14H22ClN3O4. The van der Waals surface area contributed by atoms with Gasteiger partial charge in [-0.05, 0) is 32.4 Å². The standard InChI is InChI=1S/C14H22ClN3O4/c1-14(2,3)18-11(19)10-9-16-13(15)17-12(10)22-8-7-21-6-5-20-4/h9H,5-8H2,1-4H3,(H,18,19). The normalized spacial score (nSPS) is 11.3. The Morgan fingerprint density at radius 1 is 1.27 bits per heavy atom. The molecule has 1 N–H and O–H groups in total. The molecule has 0 atom stereocenters. The molecule has 0 aromatic carbocycles. The number of hydrogen-bond acceptors (Lipinski definition) is 6. The summed E-state index contributed by atoms with van der Waals surface area (Å²) in [4.78, 5) is 20.0. The van der Waals surface area contributed by atoms with Gasteiger partial charge >= 0.3 is 0 Å². The number of amides is 1. The fraction of sp³-hybridized carbons (Fsp3) is 0.643. The molecule has 1 rings (SSSR count). The molecule has 22 heavy (non-hydrogen) atoms. The zero-order chi connectivity index (χ0) is 16.6. The van der Waals surface area contributed by atoms with Crippen LogP contribution in [0.2, 0.25) is 5.28 Å². The second kappa shape index (κ2) is 8.87. The third-order valence-electron chi connectivity index (χ3n) is 2.36. The van der Waals surface area contributed by atoms with E-state index >= 15 is 0 Å². The number of methoxy groups -OCH3 is 1. The van der Waals surface area contributed by atoms with Crippen LogP contribution in [0.3, 0.4) is 0 Å². The molecule has 0 aliphatic rings. The van der Waals surface area contributed by atoms with Crippen molar-refractivity contribution >= 4 is 17.5 Å². The van der Waals surface area contributed by atoms with Gasteiger partial charge in [0.15, 0.2) is 0 Å². The number of rotatable bonds is 8. The molecule has 124 valence electrons. The monoisotopic (exact) mass is 331 g/mol. The summed E-state index contributed by atoms with van der Waals surface area (Å²) in [6, 6.07) is 0. The Hall–Kier alpha value is -1.44. The van der Waals surface area contributed by atoms with E-state index in [0.717, 1.165) is 0 Å². The van der Waals surface area contributed by atoms with Crippen molar-refractivity contribution in [3.63, 3.8) is 0 Å². The molecule has 1 heterocycles. The summed E-state index contributed by atoms with van der Waals surface area (Å²) in [5.41, 5.74) is -0.145. The van der Waals surface area contributed by atoms with Gasteiger partial charge in [0.2, 0.25) is 11.2 Å². The fourth-order valence-electron chi connectivity index (χ4n) is 1.46. The van der Waals surface area contributed by atoms with E-state index in [4.69, 9.17) is 25.8 Å². The van der Waals surface area contributed by atoms with Crippen LogP contribution in [0.25, 0.3) is 0 Å². The van der Waals surface area contributed by atoms with Gasteiger partial charge in [-0.15, -0.1) is 0 Å². The first-order chi connectivity index (χ1) is 10.3. The Morgan fingerprint density at radius 3 is 2.59 bits per heavy atom. The van der Waals surface area contributed by atoms with Crippen molar-refractivity contribution in [2.24, 2.45) is 0 Å². The lowest BCUT2D eigenvalue weighted by molar-refractivity contribution is 0.0533. The number of ether oxygens (including phenoxy) is 3. The van der Waals surface area contributed by atoms with Crippen LogP contribution in [-0.2, 0) is 9.47 Å². The summed E-state index contributed by atoms with van der Waals surface area (Å²) in [5, 5.41) is 2.84. The van der Waals surface area contributed by atoms with Gasteiger partial charge in [0, 0.05) is 18.8 Å². The van der Waals surface area contributed by atoms with Crippen molar-refractivity contribution < 1.29 is 19.0 Å². The van der Waals surface area contributed by atoms with Gasteiger partial charge in [-0.2, -0.15) is 4.98 Å². The zero-order valence-corrected chi connectivity index (χ0v) is 14.1. The number of nitrogens with one attached hydrogen (secondary N) is 1. The summed E-state index contributed by atoms with van der Waals surface area (Å²) < 4.78 is 15.6. The van der Waals surface area contributed by atoms with E-state index in [1.807, 2.05) is 20.8 Å². The van der Waals surface area contributed by atoms with Crippen molar-refractivity contribution in [2.45, 2.75) is 26.3 Å². The molecule has 1 amide bonds. The molecule has 1 aromatic heterocycles. The van der Waals surface area contributed by atoms with E-state index in [9.17, 15) is 4.79 Å². The summed E-state index contributed by atoms with van der Waals surface area (Å²) >= 11 is 5.75. The maximum absolute atomic E-state index is 12.2. The van der Waals surface area contributed by atoms with Gasteiger partial charge in [-0.3, -0.25) is 4.79 Å². The van der Waals surface area contributed by atoms with Crippen LogP contribution in [0.4, 0.5) is 0 Å². The Bertz CT molecular complexity index is 491. The molecule has 0 aliphatic carbocycles. The van der Waals surface area contributed by atoms with E-state index in [1.54, 1.807) is 7.11 Å². The highest BCUT2D eigenvalue weighted by atomic mass is 35.5. The van der Waals surface area contributed by atoms with Crippen LogP contribution in [0.5, 0.6) is 5.88 Å². The molecule has 0 radical (unpaired) electrons. The molecule has 7 nitrogen and oxygen atoms in total. The largest absolute Gasteiger partial charge is 0.475 e. The number of carbonyl (C=O) groups excluding carboxylic acids is 1. The number of carbonyl (C=O) groups is 1. The van der Waals surface area contributed by atoms with Gasteiger partial charge in [-0.25, -0.2) is 4.98 Å². The van der Waals surface area contributed by atoms with Crippen molar-refractivity contribution in [3.05, 3.63) is 17.0 Å². The number of hydrogen-bond donors (Lipinski definition) is 1. The molecule has 0 spiro atoms. The molecule has 8 heteroatoms. The molecule has 1 aromatic rings. The highest BCUT2D eigenvalue weighted by molar-refractivity contribution is 6.28. The second-order valence-electron chi connectivity index (χ2n) is 5.52. The van der Waals surface area contributed by atoms with Crippen LogP contribution in [0, 0.1) is 0 Å². The van der Waals surface area contributed by atoms with Crippen LogP contribution in [0.1, 0.15) is 31.1 Å². The molecule has 0 bridgehead atoms. The number of halogens is 1. The predicted molar refractivity (Wildman–Crippen MR) is 82.5 cm³/mol. The highest BCUT2D eigenvalue weighted by Gasteiger charge is 2.20. The maximum Gasteiger partial charge on any atom is 0.258 e. The third kappa shape index (κ3) is 7.02. The van der Waals surface area contributed by atoms with Gasteiger partial charge < -0.3 is 19.5 Å². The number of aromatic nitrogens is 2. The van der Waals surface area contributed by atoms with E-state index < -0.39 is 0 Å². The first-order valence-corrected chi connectivity index (χ1v) is 7.26. The van der Waals surface area contributed by atoms with Crippen LogP contribution < -0.4 is 10.1 Å². The van der Waals surface area contributed by atoms with Crippen LogP contribution >= 0.6 is 11.6 Å². The fourth-order valence-corrected chi connectivity index (χ4v) is 1.59. The smallest absolute Gasteiger partial charge is 0.258 e. The zero-order valence-electron chi connectivity index (χ0n) is 13.3. The van der Waals surface area contributed by atoms with Crippen molar-refractivity contribution in [1.29, 1.82) is 0 Å². The molecular weight excluding hydrogens is 310 g/mol. The lowest BCUT2D eigenvalue weighted by Gasteiger charge is -2.21.